The Morgan fingerprint density at radius 2 is 1.86 bits per heavy atom. The molecule has 0 aliphatic heterocycles. The highest BCUT2D eigenvalue weighted by Crippen LogP contribution is 2.48. The van der Waals surface area contributed by atoms with Gasteiger partial charge in [0.1, 0.15) is 0 Å². The lowest BCUT2D eigenvalue weighted by molar-refractivity contribution is -0.117. The first-order chi connectivity index (χ1) is 13.6. The first-order valence-electron chi connectivity index (χ1n) is 8.71. The van der Waals surface area contributed by atoms with Gasteiger partial charge < -0.3 is 5.32 Å². The molecule has 0 radical (unpaired) electrons. The second-order valence-electron chi connectivity index (χ2n) is 6.44. The van der Waals surface area contributed by atoms with E-state index in [0.717, 1.165) is 10.9 Å². The Hall–Kier alpha value is -2.03. The van der Waals surface area contributed by atoms with Gasteiger partial charge >= 0.3 is 0 Å². The van der Waals surface area contributed by atoms with Crippen molar-refractivity contribution in [1.82, 2.24) is 10.2 Å². The number of aromatic nitrogens is 2. The largest absolute Gasteiger partial charge is 0.300 e. The van der Waals surface area contributed by atoms with Crippen LogP contribution in [0.15, 0.2) is 63.4 Å². The summed E-state index contributed by atoms with van der Waals surface area (Å²) >= 11 is 5.98. The van der Waals surface area contributed by atoms with Crippen LogP contribution in [0.4, 0.5) is 5.13 Å². The Bertz CT molecular complexity index is 992. The Balaban J connectivity index is 1.28. The first kappa shape index (κ1) is 19.3. The van der Waals surface area contributed by atoms with Crippen LogP contribution >= 0.6 is 39.0 Å². The van der Waals surface area contributed by atoms with E-state index in [1.54, 1.807) is 12.1 Å². The monoisotopic (exact) mass is 473 g/mol. The third-order valence-corrected chi connectivity index (χ3v) is 6.99. The number of benzene rings is 2. The predicted octanol–water partition coefficient (Wildman–Crippen LogP) is 5.02. The summed E-state index contributed by atoms with van der Waals surface area (Å²) < 4.78 is 1.60. The molecule has 1 aliphatic carbocycles. The summed E-state index contributed by atoms with van der Waals surface area (Å²) in [6.45, 7) is 0. The molecule has 1 saturated carbocycles. The molecular weight excluding hydrogens is 458 g/mol. The van der Waals surface area contributed by atoms with Crippen LogP contribution in [0.2, 0.25) is 0 Å². The van der Waals surface area contributed by atoms with Gasteiger partial charge in [0.15, 0.2) is 10.1 Å². The van der Waals surface area contributed by atoms with Gasteiger partial charge in [0, 0.05) is 16.0 Å². The van der Waals surface area contributed by atoms with Crippen molar-refractivity contribution in [2.75, 3.05) is 11.1 Å². The molecule has 142 valence electrons. The molecule has 0 bridgehead atoms. The van der Waals surface area contributed by atoms with E-state index in [1.807, 2.05) is 30.3 Å². The van der Waals surface area contributed by atoms with Gasteiger partial charge in [-0.25, -0.2) is 0 Å². The number of nitrogens with one attached hydrogen (secondary N) is 1. The van der Waals surface area contributed by atoms with Crippen LogP contribution < -0.4 is 5.32 Å². The molecule has 28 heavy (non-hydrogen) atoms. The van der Waals surface area contributed by atoms with Gasteiger partial charge in [-0.2, -0.15) is 0 Å². The molecule has 5 nitrogen and oxygen atoms in total. The Labute approximate surface area is 179 Å². The van der Waals surface area contributed by atoms with Gasteiger partial charge in [-0.05, 0) is 30.0 Å². The van der Waals surface area contributed by atoms with E-state index in [-0.39, 0.29) is 29.3 Å². The van der Waals surface area contributed by atoms with Gasteiger partial charge in [-0.1, -0.05) is 81.5 Å². The topological polar surface area (TPSA) is 72.0 Å². The standard InChI is InChI=1S/C20H16BrN3O2S2/c21-14-8-6-13(7-9-14)17(25)11-27-20-24-23-19(28-20)22-18(26)16-10-15(16)12-4-2-1-3-5-12/h1-9,15-16H,10-11H2,(H,22,23,26)/t15-,16+/m0/s1. The molecule has 0 saturated heterocycles. The summed E-state index contributed by atoms with van der Waals surface area (Å²) in [7, 11) is 0. The van der Waals surface area contributed by atoms with Crippen LogP contribution in [0.25, 0.3) is 0 Å². The quantitative estimate of drug-likeness (QED) is 0.296. The molecule has 0 unspecified atom stereocenters. The number of anilines is 1. The highest BCUT2D eigenvalue weighted by Gasteiger charge is 2.44. The fourth-order valence-electron chi connectivity index (χ4n) is 2.92. The second-order valence-corrected chi connectivity index (χ2v) is 9.56. The van der Waals surface area contributed by atoms with Crippen LogP contribution in [-0.4, -0.2) is 27.6 Å². The molecule has 1 amide bonds. The fourth-order valence-corrected chi connectivity index (χ4v) is 4.83. The molecule has 4 rings (SSSR count). The predicted molar refractivity (Wildman–Crippen MR) is 115 cm³/mol. The number of ketones is 1. The molecular formula is C20H16BrN3O2S2. The number of Topliss-reactive ketones (excluding diaryl/α,β-unsaturated/α-hetero) is 1. The van der Waals surface area contributed by atoms with Crippen molar-refractivity contribution in [2.45, 2.75) is 16.7 Å². The van der Waals surface area contributed by atoms with Crippen LogP contribution in [-0.2, 0) is 4.79 Å². The van der Waals surface area contributed by atoms with E-state index in [4.69, 9.17) is 0 Å². The maximum atomic E-state index is 12.4. The smallest absolute Gasteiger partial charge is 0.229 e. The Morgan fingerprint density at radius 1 is 1.11 bits per heavy atom. The van der Waals surface area contributed by atoms with Crippen molar-refractivity contribution in [3.8, 4) is 0 Å². The number of carbonyl (C=O) groups excluding carboxylic acids is 2. The molecule has 1 fully saturated rings. The van der Waals surface area contributed by atoms with Crippen LogP contribution in [0.5, 0.6) is 0 Å². The van der Waals surface area contributed by atoms with Gasteiger partial charge in [0.05, 0.1) is 5.75 Å². The van der Waals surface area contributed by atoms with E-state index in [2.05, 4.69) is 43.6 Å². The molecule has 2 atom stereocenters. The molecule has 3 aromatic rings. The maximum Gasteiger partial charge on any atom is 0.229 e. The molecule has 8 heteroatoms. The SMILES string of the molecule is O=C(CSc1nnc(NC(=O)[C@@H]2C[C@H]2c2ccccc2)s1)c1ccc(Br)cc1. The number of amides is 1. The van der Waals surface area contributed by atoms with Gasteiger partial charge in [0.2, 0.25) is 11.0 Å². The van der Waals surface area contributed by atoms with Crippen molar-refractivity contribution < 1.29 is 9.59 Å². The van der Waals surface area contributed by atoms with Crippen molar-refractivity contribution in [3.05, 3.63) is 70.2 Å². The highest BCUT2D eigenvalue weighted by atomic mass is 79.9. The lowest BCUT2D eigenvalue weighted by Crippen LogP contribution is -2.14. The first-order valence-corrected chi connectivity index (χ1v) is 11.3. The number of nitrogens with zero attached hydrogens (tertiary/aromatic N) is 2. The van der Waals surface area contributed by atoms with Crippen LogP contribution in [0.3, 0.4) is 0 Å². The number of hydrogen-bond donors (Lipinski definition) is 1. The average molecular weight is 474 g/mol. The number of halogens is 1. The summed E-state index contributed by atoms with van der Waals surface area (Å²) in [6.07, 6.45) is 0.859. The average Bonchev–Trinajstić information content (AvgIpc) is 3.41. The summed E-state index contributed by atoms with van der Waals surface area (Å²) in [5.41, 5.74) is 1.86. The minimum atomic E-state index is -0.0208. The number of rotatable bonds is 7. The van der Waals surface area contributed by atoms with E-state index < -0.39 is 0 Å². The van der Waals surface area contributed by atoms with Crippen molar-refractivity contribution in [3.63, 3.8) is 0 Å². The zero-order chi connectivity index (χ0) is 19.5. The summed E-state index contributed by atoms with van der Waals surface area (Å²) in [5.74, 6) is 0.561. The van der Waals surface area contributed by atoms with Crippen molar-refractivity contribution >= 4 is 55.9 Å². The lowest BCUT2D eigenvalue weighted by Gasteiger charge is -2.01. The van der Waals surface area contributed by atoms with Crippen LogP contribution in [0.1, 0.15) is 28.3 Å². The zero-order valence-electron chi connectivity index (χ0n) is 14.7. The normalized spacial score (nSPS) is 17.9. The van der Waals surface area contributed by atoms with E-state index in [9.17, 15) is 9.59 Å². The number of hydrogen-bond acceptors (Lipinski definition) is 6. The minimum Gasteiger partial charge on any atom is -0.300 e. The van der Waals surface area contributed by atoms with E-state index in [0.29, 0.717) is 15.0 Å². The molecule has 1 heterocycles. The number of carbonyl (C=O) groups is 2. The third-order valence-electron chi connectivity index (χ3n) is 4.48. The molecule has 1 aliphatic rings. The van der Waals surface area contributed by atoms with Crippen molar-refractivity contribution in [1.29, 1.82) is 0 Å². The van der Waals surface area contributed by atoms with Gasteiger partial charge in [0.25, 0.3) is 0 Å². The van der Waals surface area contributed by atoms with Gasteiger partial charge in [-0.15, -0.1) is 10.2 Å². The fraction of sp³-hybridized carbons (Fsp3) is 0.200. The minimum absolute atomic E-state index is 0.0126. The van der Waals surface area contributed by atoms with Crippen molar-refractivity contribution in [2.24, 2.45) is 5.92 Å². The lowest BCUT2D eigenvalue weighted by atomic mass is 10.1. The Morgan fingerprint density at radius 3 is 2.61 bits per heavy atom. The maximum absolute atomic E-state index is 12.4. The highest BCUT2D eigenvalue weighted by molar-refractivity contribution is 9.10. The second kappa shape index (κ2) is 8.55. The Kier molecular flexibility index (Phi) is 5.89. The molecule has 0 spiro atoms. The van der Waals surface area contributed by atoms with Gasteiger partial charge in [-0.3, -0.25) is 9.59 Å². The summed E-state index contributed by atoms with van der Waals surface area (Å²) in [6, 6.07) is 17.3. The number of thioether (sulfide) groups is 1. The van der Waals surface area contributed by atoms with E-state index in [1.165, 1.54) is 28.7 Å². The van der Waals surface area contributed by atoms with Crippen LogP contribution in [0, 0.1) is 5.92 Å². The molecule has 1 aromatic heterocycles. The summed E-state index contributed by atoms with van der Waals surface area (Å²) in [4.78, 5) is 24.6. The third kappa shape index (κ3) is 4.68. The molecule has 1 N–H and O–H groups in total. The zero-order valence-corrected chi connectivity index (χ0v) is 17.9. The van der Waals surface area contributed by atoms with E-state index >= 15 is 0 Å². The summed E-state index contributed by atoms with van der Waals surface area (Å²) in [5, 5.41) is 11.4. The molecule has 2 aromatic carbocycles.